The summed E-state index contributed by atoms with van der Waals surface area (Å²) in [6, 6.07) is 24.0. The van der Waals surface area contributed by atoms with Crippen LogP contribution in [0.15, 0.2) is 107 Å². The van der Waals surface area contributed by atoms with Gasteiger partial charge in [0.1, 0.15) is 57.9 Å². The maximum absolute atomic E-state index is 10.4. The van der Waals surface area contributed by atoms with Gasteiger partial charge >= 0.3 is 0 Å². The zero-order chi connectivity index (χ0) is 38.9. The molecule has 0 spiro atoms. The Kier molecular flexibility index (Phi) is 13.4. The highest BCUT2D eigenvalue weighted by Gasteiger charge is 2.19. The fraction of sp³-hybridized carbons (Fsp3) is 0.316. The minimum absolute atomic E-state index is 0.178. The molecule has 0 saturated heterocycles. The predicted molar refractivity (Wildman–Crippen MR) is 197 cm³/mol. The maximum Gasteiger partial charge on any atom is 0.244 e. The molecule has 0 fully saturated rings. The normalized spacial score (nSPS) is 14.0. The van der Waals surface area contributed by atoms with Gasteiger partial charge in [0.2, 0.25) is 12.7 Å². The summed E-state index contributed by atoms with van der Waals surface area (Å²) in [5, 5.41) is 0. The van der Waals surface area contributed by atoms with E-state index in [9.17, 15) is 25.9 Å². The molecule has 0 atom stereocenters. The minimum Gasteiger partial charge on any atom is -0.744 e. The molecule has 1 aliphatic heterocycles. The highest BCUT2D eigenvalue weighted by Crippen LogP contribution is 2.21. The summed E-state index contributed by atoms with van der Waals surface area (Å²) >= 11 is 0. The Hall–Kier alpha value is -4.84. The molecule has 2 aromatic heterocycles. The van der Waals surface area contributed by atoms with Crippen LogP contribution in [0.1, 0.15) is 11.1 Å². The van der Waals surface area contributed by atoms with Crippen molar-refractivity contribution in [2.75, 3.05) is 40.6 Å². The lowest BCUT2D eigenvalue weighted by atomic mass is 10.2. The molecule has 288 valence electrons. The molecule has 1 aliphatic rings. The third kappa shape index (κ3) is 10.6. The van der Waals surface area contributed by atoms with E-state index in [1.807, 2.05) is 26.0 Å². The summed E-state index contributed by atoms with van der Waals surface area (Å²) in [6.45, 7) is 9.36. The quantitative estimate of drug-likeness (QED) is 0.190. The number of hydrogen-bond acceptors (Lipinski definition) is 10. The summed E-state index contributed by atoms with van der Waals surface area (Å²) < 4.78 is 94.2. The molecule has 16 heteroatoms. The number of aromatic nitrogens is 4. The number of benzene rings is 4. The summed E-state index contributed by atoms with van der Waals surface area (Å²) in [5.41, 5.74) is 6.48. The number of imidazole rings is 2. The summed E-state index contributed by atoms with van der Waals surface area (Å²) in [6.07, 6.45) is 4.30. The van der Waals surface area contributed by atoms with Crippen LogP contribution in [0.5, 0.6) is 11.5 Å². The van der Waals surface area contributed by atoms with Crippen molar-refractivity contribution in [1.29, 1.82) is 0 Å². The van der Waals surface area contributed by atoms with Gasteiger partial charge in [-0.05, 0) is 62.4 Å². The Morgan fingerprint density at radius 3 is 1.30 bits per heavy atom. The van der Waals surface area contributed by atoms with Crippen LogP contribution in [0.3, 0.4) is 0 Å². The molecule has 7 rings (SSSR count). The van der Waals surface area contributed by atoms with E-state index in [-0.39, 0.29) is 9.79 Å². The van der Waals surface area contributed by atoms with Crippen LogP contribution >= 0.6 is 0 Å². The summed E-state index contributed by atoms with van der Waals surface area (Å²) in [4.78, 5) is -0.355. The number of rotatable bonds is 4. The van der Waals surface area contributed by atoms with Gasteiger partial charge in [0, 0.05) is 12.1 Å². The van der Waals surface area contributed by atoms with E-state index in [0.29, 0.717) is 26.4 Å². The van der Waals surface area contributed by atoms with Gasteiger partial charge in [0.15, 0.2) is 22.1 Å². The van der Waals surface area contributed by atoms with Gasteiger partial charge in [-0.1, -0.05) is 35.4 Å². The van der Waals surface area contributed by atoms with Crippen molar-refractivity contribution < 1.29 is 54.0 Å². The standard InChI is InChI=1S/C24H30N4O4.2C7H8O3S/c1-29-19-3-5-21-23(15-19)27-9-13-32-14-10-28-18-26(8-12-31-11-7-25(21)17-27)22-6-4-20(30-2)16-24(22)28;2*1-6-2-4-7(5-3-6)11(8,9)10/h3-6,15-18H,7-14H2,1-2H3;2*2-5H,1H3,(H,8,9,10)/q+2;;/p-2. The van der Waals surface area contributed by atoms with Crippen molar-refractivity contribution in [3.05, 3.63) is 109 Å². The van der Waals surface area contributed by atoms with Gasteiger partial charge in [-0.15, -0.1) is 0 Å². The van der Waals surface area contributed by atoms with Crippen molar-refractivity contribution in [2.24, 2.45) is 0 Å². The van der Waals surface area contributed by atoms with E-state index in [0.717, 1.165) is 59.8 Å². The number of nitrogens with zero attached hydrogens (tertiary/aromatic N) is 4. The van der Waals surface area contributed by atoms with E-state index in [2.05, 4.69) is 55.2 Å². The Morgan fingerprint density at radius 2 is 0.944 bits per heavy atom. The van der Waals surface area contributed by atoms with Gasteiger partial charge in [-0.2, -0.15) is 0 Å². The molecule has 4 aromatic carbocycles. The average molecular weight is 781 g/mol. The van der Waals surface area contributed by atoms with Crippen LogP contribution in [-0.2, 0) is 55.9 Å². The lowest BCUT2D eigenvalue weighted by molar-refractivity contribution is -0.681. The molecular formula is C38H44N4O10S2. The molecule has 0 saturated carbocycles. The molecule has 0 aliphatic carbocycles. The Morgan fingerprint density at radius 1 is 0.574 bits per heavy atom. The zero-order valence-electron chi connectivity index (χ0n) is 30.6. The topological polar surface area (TPSA) is 169 Å². The van der Waals surface area contributed by atoms with Crippen molar-refractivity contribution >= 4 is 42.3 Å². The lowest BCUT2D eigenvalue weighted by Crippen LogP contribution is -2.37. The van der Waals surface area contributed by atoms with Crippen molar-refractivity contribution in [3.63, 3.8) is 0 Å². The monoisotopic (exact) mass is 780 g/mol. The maximum atomic E-state index is 10.4. The predicted octanol–water partition coefficient (Wildman–Crippen LogP) is 3.73. The van der Waals surface area contributed by atoms with Crippen LogP contribution in [-0.4, -0.2) is 75.7 Å². The van der Waals surface area contributed by atoms with Gasteiger partial charge in [0.25, 0.3) is 0 Å². The molecule has 6 aromatic rings. The number of aryl methyl sites for hydroxylation is 2. The Labute approximate surface area is 315 Å². The van der Waals surface area contributed by atoms with E-state index in [1.165, 1.54) is 35.3 Å². The van der Waals surface area contributed by atoms with Crippen molar-refractivity contribution in [2.45, 2.75) is 49.8 Å². The number of fused-ring (bicyclic) bond motifs is 10. The molecule has 0 amide bonds. The Bertz CT molecular complexity index is 2220. The molecule has 0 unspecified atom stereocenters. The lowest BCUT2D eigenvalue weighted by Gasteiger charge is -2.05. The zero-order valence-corrected chi connectivity index (χ0v) is 32.2. The highest BCUT2D eigenvalue weighted by atomic mass is 32.2. The molecule has 4 bridgehead atoms. The summed E-state index contributed by atoms with van der Waals surface area (Å²) in [7, 11) is -5.14. The average Bonchev–Trinajstić information content (AvgIpc) is 3.67. The van der Waals surface area contributed by atoms with E-state index >= 15 is 0 Å². The van der Waals surface area contributed by atoms with E-state index in [4.69, 9.17) is 18.9 Å². The van der Waals surface area contributed by atoms with Gasteiger partial charge in [-0.25, -0.2) is 35.1 Å². The molecule has 54 heavy (non-hydrogen) atoms. The second-order valence-corrected chi connectivity index (χ2v) is 15.2. The Balaban J connectivity index is 0.000000208. The van der Waals surface area contributed by atoms with Crippen LogP contribution < -0.4 is 18.6 Å². The first-order valence-electron chi connectivity index (χ1n) is 17.1. The SMILES string of the molecule is COc1ccc2c(c1)n1c[n+]2CCOCC[n+]2cn(c3cc(OC)ccc32)CCOCC1.Cc1ccc(S(=O)(=O)[O-])cc1.Cc1ccc(S(=O)(=O)[O-])cc1. The number of hydrogen-bond donors (Lipinski definition) is 0. The first-order chi connectivity index (χ1) is 25.8. The van der Waals surface area contributed by atoms with Crippen LogP contribution in [0.4, 0.5) is 0 Å². The smallest absolute Gasteiger partial charge is 0.244 e. The highest BCUT2D eigenvalue weighted by molar-refractivity contribution is 7.86. The molecule has 14 nitrogen and oxygen atoms in total. The summed E-state index contributed by atoms with van der Waals surface area (Å²) in [5.74, 6) is 1.71. The minimum atomic E-state index is -4.27. The molecule has 3 heterocycles. The molecule has 0 radical (unpaired) electrons. The second kappa shape index (κ2) is 18.0. The van der Waals surface area contributed by atoms with E-state index < -0.39 is 20.2 Å². The first kappa shape index (κ1) is 40.3. The van der Waals surface area contributed by atoms with Crippen LogP contribution in [0, 0.1) is 13.8 Å². The fourth-order valence-electron chi connectivity index (χ4n) is 5.77. The van der Waals surface area contributed by atoms with Crippen molar-refractivity contribution in [3.8, 4) is 11.5 Å². The van der Waals surface area contributed by atoms with Crippen LogP contribution in [0.25, 0.3) is 22.1 Å². The number of ether oxygens (including phenoxy) is 4. The van der Waals surface area contributed by atoms with E-state index in [1.54, 1.807) is 38.5 Å². The second-order valence-electron chi connectivity index (χ2n) is 12.5. The largest absolute Gasteiger partial charge is 0.744 e. The van der Waals surface area contributed by atoms with Crippen LogP contribution in [0.2, 0.25) is 0 Å². The molecular weight excluding hydrogens is 737 g/mol. The first-order valence-corrected chi connectivity index (χ1v) is 19.9. The van der Waals surface area contributed by atoms with Gasteiger partial charge in [-0.3, -0.25) is 0 Å². The third-order valence-corrected chi connectivity index (χ3v) is 10.4. The van der Waals surface area contributed by atoms with Gasteiger partial charge < -0.3 is 28.1 Å². The van der Waals surface area contributed by atoms with Crippen molar-refractivity contribution in [1.82, 2.24) is 9.13 Å². The molecule has 0 N–H and O–H groups in total. The fourth-order valence-corrected chi connectivity index (χ4v) is 6.71. The van der Waals surface area contributed by atoms with Gasteiger partial charge in [0.05, 0.1) is 50.4 Å². The third-order valence-electron chi connectivity index (χ3n) is 8.69. The number of methoxy groups -OCH3 is 2.